The van der Waals surface area contributed by atoms with Gasteiger partial charge in [0.2, 0.25) is 11.4 Å². The van der Waals surface area contributed by atoms with Gasteiger partial charge in [-0.05, 0) is 19.1 Å². The molecule has 0 unspecified atom stereocenters. The van der Waals surface area contributed by atoms with Gasteiger partial charge in [0.05, 0.1) is 17.5 Å². The van der Waals surface area contributed by atoms with Crippen molar-refractivity contribution in [2.75, 3.05) is 0 Å². The maximum absolute atomic E-state index is 13.5. The molecule has 3 atom stereocenters. The number of para-hydroxylation sites is 1. The molecule has 0 saturated carbocycles. The summed E-state index contributed by atoms with van der Waals surface area (Å²) in [6, 6.07) is 12.0. The highest BCUT2D eigenvalue weighted by Gasteiger charge is 2.63. The van der Waals surface area contributed by atoms with Gasteiger partial charge in [-0.1, -0.05) is 42.5 Å². The fourth-order valence-corrected chi connectivity index (χ4v) is 4.99. The molecule has 3 aromatic rings. The zero-order valence-corrected chi connectivity index (χ0v) is 16.8. The Bertz CT molecular complexity index is 1550. The zero-order valence-electron chi connectivity index (χ0n) is 16.8. The molecule has 1 N–H and O–H groups in total. The number of nitriles is 2. The maximum atomic E-state index is 13.5. The summed E-state index contributed by atoms with van der Waals surface area (Å²) >= 11 is 0. The van der Waals surface area contributed by atoms with Gasteiger partial charge in [0, 0.05) is 0 Å². The van der Waals surface area contributed by atoms with Crippen LogP contribution in [0.5, 0.6) is 0 Å². The zero-order chi connectivity index (χ0) is 22.8. The number of nitrogens with one attached hydrogen (secondary N) is 1. The monoisotopic (exact) mass is 425 g/mol. The number of allylic oxidation sites excluding steroid dienone is 3. The minimum Gasteiger partial charge on any atom is -0.617 e. The molecule has 0 amide bonds. The second kappa shape index (κ2) is 6.40. The SMILES string of the molecule is C=C(C)[C@]1(n2[nH]c(=O)n(-c3ccccc3)c2=O)[C@@H]2C=C[C@H]1c1c2nc(C#N)c(C#N)[n+]1[O-]. The third-order valence-corrected chi connectivity index (χ3v) is 6.25. The number of benzene rings is 1. The van der Waals surface area contributed by atoms with Crippen LogP contribution in [-0.2, 0) is 5.54 Å². The quantitative estimate of drug-likeness (QED) is 0.373. The smallest absolute Gasteiger partial charge is 0.352 e. The molecular formula is C22H15N7O3. The lowest BCUT2D eigenvalue weighted by molar-refractivity contribution is -0.618. The van der Waals surface area contributed by atoms with Crippen LogP contribution < -0.4 is 16.1 Å². The molecule has 0 spiro atoms. The molecule has 2 aliphatic carbocycles. The topological polar surface area (TPSA) is 147 Å². The van der Waals surface area contributed by atoms with Crippen molar-refractivity contribution >= 4 is 0 Å². The van der Waals surface area contributed by atoms with E-state index in [1.54, 1.807) is 61.5 Å². The molecule has 5 rings (SSSR count). The molecule has 0 radical (unpaired) electrons. The van der Waals surface area contributed by atoms with Crippen LogP contribution in [0.4, 0.5) is 0 Å². The van der Waals surface area contributed by atoms with Gasteiger partial charge in [0.1, 0.15) is 17.3 Å². The number of fused-ring (bicyclic) bond motifs is 5. The summed E-state index contributed by atoms with van der Waals surface area (Å²) in [6.45, 7) is 5.78. The first-order valence-electron chi connectivity index (χ1n) is 9.69. The van der Waals surface area contributed by atoms with E-state index in [2.05, 4.69) is 16.7 Å². The van der Waals surface area contributed by atoms with Gasteiger partial charge in [-0.2, -0.15) is 15.3 Å². The summed E-state index contributed by atoms with van der Waals surface area (Å²) in [5.41, 5.74) is -1.88. The van der Waals surface area contributed by atoms with Crippen LogP contribution in [0.1, 0.15) is 41.5 Å². The molecule has 1 aromatic carbocycles. The standard InChI is InChI=1S/C22H15N7O3/c1-12(2)22(29-21(31)27(20(30)26-29)13-6-4-3-5-7-13)14-8-9-15(22)19-18(14)25-16(10-23)17(11-24)28(19)32/h3-9,14-15H,1H2,2H3,(H,26,30)/t14-,15+,22+/m1/s1. The third-order valence-electron chi connectivity index (χ3n) is 6.25. The van der Waals surface area contributed by atoms with Gasteiger partial charge in [0.15, 0.2) is 6.07 Å². The number of H-pyrrole nitrogens is 1. The fourth-order valence-electron chi connectivity index (χ4n) is 4.99. The first-order valence-corrected chi connectivity index (χ1v) is 9.69. The Morgan fingerprint density at radius 3 is 2.53 bits per heavy atom. The molecular weight excluding hydrogens is 410 g/mol. The Labute approximate surface area is 180 Å². The van der Waals surface area contributed by atoms with Crippen LogP contribution >= 0.6 is 0 Å². The van der Waals surface area contributed by atoms with Crippen molar-refractivity contribution in [3.8, 4) is 17.8 Å². The van der Waals surface area contributed by atoms with E-state index >= 15 is 0 Å². The lowest BCUT2D eigenvalue weighted by Gasteiger charge is -2.34. The second-order valence-corrected chi connectivity index (χ2v) is 7.75. The van der Waals surface area contributed by atoms with E-state index in [-0.39, 0.29) is 17.1 Å². The second-order valence-electron chi connectivity index (χ2n) is 7.75. The van der Waals surface area contributed by atoms with Crippen LogP contribution in [0, 0.1) is 27.9 Å². The van der Waals surface area contributed by atoms with Crippen molar-refractivity contribution in [1.29, 1.82) is 10.5 Å². The molecule has 2 aliphatic rings. The van der Waals surface area contributed by atoms with Crippen molar-refractivity contribution in [3.05, 3.63) is 104 Å². The van der Waals surface area contributed by atoms with Crippen LogP contribution in [0.15, 0.2) is 64.2 Å². The molecule has 2 heterocycles. The van der Waals surface area contributed by atoms with E-state index in [1.165, 1.54) is 4.68 Å². The van der Waals surface area contributed by atoms with Gasteiger partial charge in [-0.25, -0.2) is 28.9 Å². The van der Waals surface area contributed by atoms with E-state index < -0.39 is 34.4 Å². The summed E-state index contributed by atoms with van der Waals surface area (Å²) < 4.78 is 2.61. The molecule has 2 aromatic heterocycles. The average molecular weight is 425 g/mol. The molecule has 2 bridgehead atoms. The normalized spacial score (nSPS) is 22.3. The Morgan fingerprint density at radius 1 is 1.22 bits per heavy atom. The highest BCUT2D eigenvalue weighted by atomic mass is 16.5. The van der Waals surface area contributed by atoms with Crippen molar-refractivity contribution in [2.24, 2.45) is 0 Å². The van der Waals surface area contributed by atoms with Crippen molar-refractivity contribution < 1.29 is 4.73 Å². The largest absolute Gasteiger partial charge is 0.617 e. The van der Waals surface area contributed by atoms with E-state index in [1.807, 2.05) is 0 Å². The number of rotatable bonds is 3. The fraction of sp³-hybridized carbons (Fsp3) is 0.182. The Balaban J connectivity index is 1.82. The van der Waals surface area contributed by atoms with E-state index in [4.69, 9.17) is 0 Å². The van der Waals surface area contributed by atoms with Crippen molar-refractivity contribution in [3.63, 3.8) is 0 Å². The Kier molecular flexibility index (Phi) is 3.85. The predicted octanol–water partition coefficient (Wildman–Crippen LogP) is 0.821. The number of hydrogen-bond acceptors (Lipinski definition) is 6. The maximum Gasteiger partial charge on any atom is 0.352 e. The lowest BCUT2D eigenvalue weighted by Crippen LogP contribution is -2.47. The minimum absolute atomic E-state index is 0.163. The highest BCUT2D eigenvalue weighted by Crippen LogP contribution is 2.60. The average Bonchev–Trinajstić information content (AvgIpc) is 3.40. The van der Waals surface area contributed by atoms with Gasteiger partial charge in [0.25, 0.3) is 0 Å². The first-order chi connectivity index (χ1) is 15.4. The summed E-state index contributed by atoms with van der Waals surface area (Å²) in [7, 11) is 0. The molecule has 32 heavy (non-hydrogen) atoms. The van der Waals surface area contributed by atoms with Gasteiger partial charge < -0.3 is 5.21 Å². The van der Waals surface area contributed by atoms with E-state index in [9.17, 15) is 25.3 Å². The predicted molar refractivity (Wildman–Crippen MR) is 111 cm³/mol. The number of nitrogens with zero attached hydrogens (tertiary/aromatic N) is 6. The Morgan fingerprint density at radius 2 is 1.91 bits per heavy atom. The molecule has 156 valence electrons. The number of hydrogen-bond donors (Lipinski definition) is 1. The summed E-state index contributed by atoms with van der Waals surface area (Å²) in [6.07, 6.45) is 3.53. The first kappa shape index (κ1) is 19.3. The van der Waals surface area contributed by atoms with Gasteiger partial charge in [-0.15, -0.1) is 0 Å². The summed E-state index contributed by atoms with van der Waals surface area (Å²) in [5, 5.41) is 34.5. The molecule has 10 nitrogen and oxygen atoms in total. The van der Waals surface area contributed by atoms with Crippen molar-refractivity contribution in [2.45, 2.75) is 24.3 Å². The van der Waals surface area contributed by atoms with Gasteiger partial charge >= 0.3 is 17.1 Å². The highest BCUT2D eigenvalue weighted by molar-refractivity contribution is 5.52. The third kappa shape index (κ3) is 2.10. The van der Waals surface area contributed by atoms with Crippen LogP contribution in [-0.4, -0.2) is 19.3 Å². The Hall–Kier alpha value is -4.70. The van der Waals surface area contributed by atoms with Crippen LogP contribution in [0.3, 0.4) is 0 Å². The molecule has 10 heteroatoms. The molecule has 0 aliphatic heterocycles. The molecule has 0 saturated heterocycles. The van der Waals surface area contributed by atoms with Crippen LogP contribution in [0.25, 0.3) is 5.69 Å². The van der Waals surface area contributed by atoms with E-state index in [0.717, 1.165) is 4.57 Å². The number of aromatic amines is 1. The summed E-state index contributed by atoms with van der Waals surface area (Å²) in [4.78, 5) is 30.6. The number of aromatic nitrogens is 5. The minimum atomic E-state index is -1.25. The lowest BCUT2D eigenvalue weighted by atomic mass is 9.79. The summed E-state index contributed by atoms with van der Waals surface area (Å²) in [5.74, 6) is -1.36. The van der Waals surface area contributed by atoms with Crippen molar-refractivity contribution in [1.82, 2.24) is 19.3 Å². The van der Waals surface area contributed by atoms with Crippen LogP contribution in [0.2, 0.25) is 0 Å². The molecule has 0 fully saturated rings. The van der Waals surface area contributed by atoms with Gasteiger partial charge in [-0.3, -0.25) is 0 Å². The van der Waals surface area contributed by atoms with E-state index in [0.29, 0.717) is 16.0 Å².